The van der Waals surface area contributed by atoms with Crippen molar-refractivity contribution in [2.45, 2.75) is 85.5 Å². The smallest absolute Gasteiger partial charge is 0.163 e. The summed E-state index contributed by atoms with van der Waals surface area (Å²) in [4.78, 5) is 12.4. The molecule has 1 N–H and O–H groups in total. The van der Waals surface area contributed by atoms with Crippen molar-refractivity contribution in [1.29, 1.82) is 0 Å². The molecule has 1 atom stereocenters. The van der Waals surface area contributed by atoms with Crippen LogP contribution in [-0.4, -0.2) is 42.7 Å². The third-order valence-corrected chi connectivity index (χ3v) is 8.16. The number of hydrogen-bond acceptors (Lipinski definition) is 8. The topological polar surface area (TPSA) is 102 Å². The van der Waals surface area contributed by atoms with Gasteiger partial charge in [0.15, 0.2) is 5.82 Å². The minimum Gasteiger partial charge on any atom is -0.491 e. The average molecular weight is 563 g/mol. The molecular weight excluding hydrogens is 528 g/mol. The van der Waals surface area contributed by atoms with E-state index in [4.69, 9.17) is 35.9 Å². The first-order chi connectivity index (χ1) is 19.2. The summed E-state index contributed by atoms with van der Waals surface area (Å²) >= 11 is 6.73. The number of fused-ring (bicyclic) bond motifs is 1. The van der Waals surface area contributed by atoms with E-state index in [2.05, 4.69) is 28.6 Å². The summed E-state index contributed by atoms with van der Waals surface area (Å²) in [6, 6.07) is 5.95. The molecule has 0 saturated heterocycles. The van der Waals surface area contributed by atoms with Crippen LogP contribution >= 0.6 is 11.6 Å². The highest BCUT2D eigenvalue weighted by molar-refractivity contribution is 6.33. The maximum absolute atomic E-state index is 10.2. The second kappa shape index (κ2) is 10.5. The molecule has 4 aromatic rings. The zero-order valence-corrected chi connectivity index (χ0v) is 24.4. The van der Waals surface area contributed by atoms with Gasteiger partial charge in [0.2, 0.25) is 0 Å². The van der Waals surface area contributed by atoms with Gasteiger partial charge in [0, 0.05) is 23.2 Å². The summed E-state index contributed by atoms with van der Waals surface area (Å²) in [6.07, 6.45) is 3.42. The first-order valence-corrected chi connectivity index (χ1v) is 14.4. The lowest BCUT2D eigenvalue weighted by Gasteiger charge is -2.22. The summed E-state index contributed by atoms with van der Waals surface area (Å²) in [6.45, 7) is 11.7. The van der Waals surface area contributed by atoms with Gasteiger partial charge in [0.25, 0.3) is 0 Å². The number of nitrogens with zero attached hydrogens (tertiary/aromatic N) is 6. The molecule has 6 rings (SSSR count). The van der Waals surface area contributed by atoms with Gasteiger partial charge in [-0.2, -0.15) is 5.10 Å². The Labute approximate surface area is 239 Å². The molecule has 1 fully saturated rings. The second-order valence-electron chi connectivity index (χ2n) is 11.0. The van der Waals surface area contributed by atoms with Crippen LogP contribution in [-0.2, 0) is 13.1 Å². The molecule has 3 aromatic heterocycles. The van der Waals surface area contributed by atoms with Gasteiger partial charge in [-0.1, -0.05) is 30.1 Å². The molecule has 0 unspecified atom stereocenters. The van der Waals surface area contributed by atoms with Crippen molar-refractivity contribution in [3.8, 4) is 28.4 Å². The molecule has 1 saturated carbocycles. The molecule has 210 valence electrons. The van der Waals surface area contributed by atoms with Crippen molar-refractivity contribution < 1.29 is 14.4 Å². The number of benzene rings is 1. The number of halogens is 1. The number of ether oxygens (including phenoxy) is 1. The molecule has 0 bridgehead atoms. The molecule has 0 amide bonds. The van der Waals surface area contributed by atoms with E-state index in [-0.39, 0.29) is 6.61 Å². The molecule has 10 heteroatoms. The molecule has 0 spiro atoms. The van der Waals surface area contributed by atoms with Crippen LogP contribution in [0.25, 0.3) is 22.6 Å². The standard InChI is InChI=1S/C30H35ClN6O3/c1-6-7-21(38)15-39-22-10-11-25(31)23(12-22)29-32-28(27-18(4)35-40-19(27)5)16(2)30(33-29)36-13-24-17(3)34-37(20-8-9-20)26(24)14-36/h10-12,20-21,38H,6-9,13-15H2,1-5H3/t21-/m1/s1. The normalized spacial score (nSPS) is 15.5. The van der Waals surface area contributed by atoms with E-state index >= 15 is 0 Å². The zero-order valence-electron chi connectivity index (χ0n) is 23.7. The van der Waals surface area contributed by atoms with E-state index in [1.54, 1.807) is 12.1 Å². The van der Waals surface area contributed by atoms with Crippen LogP contribution in [0.2, 0.25) is 5.02 Å². The van der Waals surface area contributed by atoms with Crippen molar-refractivity contribution >= 4 is 17.4 Å². The van der Waals surface area contributed by atoms with Crippen molar-refractivity contribution in [3.63, 3.8) is 0 Å². The Bertz CT molecular complexity index is 1550. The Morgan fingerprint density at radius 3 is 2.62 bits per heavy atom. The van der Waals surface area contributed by atoms with Gasteiger partial charge in [-0.15, -0.1) is 0 Å². The van der Waals surface area contributed by atoms with Gasteiger partial charge >= 0.3 is 0 Å². The van der Waals surface area contributed by atoms with E-state index in [0.29, 0.717) is 40.4 Å². The van der Waals surface area contributed by atoms with E-state index in [9.17, 15) is 5.11 Å². The predicted molar refractivity (Wildman–Crippen MR) is 154 cm³/mol. The second-order valence-corrected chi connectivity index (χ2v) is 11.4. The lowest BCUT2D eigenvalue weighted by Crippen LogP contribution is -2.21. The number of aromatic nitrogens is 5. The first kappa shape index (κ1) is 26.8. The lowest BCUT2D eigenvalue weighted by molar-refractivity contribution is 0.0994. The Morgan fingerprint density at radius 1 is 1.12 bits per heavy atom. The fourth-order valence-corrected chi connectivity index (χ4v) is 5.78. The van der Waals surface area contributed by atoms with Gasteiger partial charge < -0.3 is 19.3 Å². The molecule has 40 heavy (non-hydrogen) atoms. The Balaban J connectivity index is 1.43. The van der Waals surface area contributed by atoms with Crippen LogP contribution in [0.1, 0.15) is 72.6 Å². The van der Waals surface area contributed by atoms with Crippen LogP contribution in [0.3, 0.4) is 0 Å². The summed E-state index contributed by atoms with van der Waals surface area (Å²) in [7, 11) is 0. The van der Waals surface area contributed by atoms with Crippen molar-refractivity contribution in [2.24, 2.45) is 0 Å². The Kier molecular flexibility index (Phi) is 7.04. The molecule has 0 radical (unpaired) electrons. The van der Waals surface area contributed by atoms with Gasteiger partial charge in [0.05, 0.1) is 52.1 Å². The van der Waals surface area contributed by atoms with Gasteiger partial charge in [-0.3, -0.25) is 4.68 Å². The van der Waals surface area contributed by atoms with Crippen molar-refractivity contribution in [2.75, 3.05) is 11.5 Å². The maximum atomic E-state index is 10.2. The molecular formula is C30H35ClN6O3. The Morgan fingerprint density at radius 2 is 1.93 bits per heavy atom. The number of rotatable bonds is 9. The SMILES string of the molecule is CCC[C@@H](O)COc1ccc(Cl)c(-c2nc(-c3c(C)noc3C)c(C)c(N3Cc4c(C)nn(C5CC5)c4C3)n2)c1. The van der Waals surface area contributed by atoms with Crippen LogP contribution in [0.4, 0.5) is 5.82 Å². The molecule has 1 aromatic carbocycles. The summed E-state index contributed by atoms with van der Waals surface area (Å²) < 4.78 is 13.7. The number of aryl methyl sites for hydroxylation is 3. The number of hydrogen-bond donors (Lipinski definition) is 1. The van der Waals surface area contributed by atoms with Crippen LogP contribution < -0.4 is 9.64 Å². The lowest BCUT2D eigenvalue weighted by atomic mass is 10.0. The van der Waals surface area contributed by atoms with Crippen LogP contribution in [0.5, 0.6) is 5.75 Å². The van der Waals surface area contributed by atoms with E-state index in [1.807, 2.05) is 26.8 Å². The first-order valence-electron chi connectivity index (χ1n) is 14.0. The fourth-order valence-electron chi connectivity index (χ4n) is 5.57. The minimum absolute atomic E-state index is 0.211. The van der Waals surface area contributed by atoms with Gasteiger partial charge in [-0.25, -0.2) is 9.97 Å². The highest BCUT2D eigenvalue weighted by atomic mass is 35.5. The van der Waals surface area contributed by atoms with Crippen LogP contribution in [0.15, 0.2) is 22.7 Å². The molecule has 1 aliphatic carbocycles. The third kappa shape index (κ3) is 4.86. The average Bonchev–Trinajstić information content (AvgIpc) is 3.48. The largest absolute Gasteiger partial charge is 0.491 e. The van der Waals surface area contributed by atoms with Gasteiger partial charge in [0.1, 0.15) is 23.9 Å². The van der Waals surface area contributed by atoms with E-state index in [1.165, 1.54) is 24.1 Å². The molecule has 9 nitrogen and oxygen atoms in total. The quantitative estimate of drug-likeness (QED) is 0.254. The van der Waals surface area contributed by atoms with Crippen molar-refractivity contribution in [1.82, 2.24) is 24.9 Å². The zero-order chi connectivity index (χ0) is 28.1. The molecule has 1 aliphatic heterocycles. The van der Waals surface area contributed by atoms with E-state index in [0.717, 1.165) is 53.5 Å². The van der Waals surface area contributed by atoms with E-state index < -0.39 is 6.10 Å². The highest BCUT2D eigenvalue weighted by Gasteiger charge is 2.35. The molecule has 4 heterocycles. The molecule has 2 aliphatic rings. The monoisotopic (exact) mass is 562 g/mol. The fraction of sp³-hybridized carbons (Fsp3) is 0.467. The highest BCUT2D eigenvalue weighted by Crippen LogP contribution is 2.42. The van der Waals surface area contributed by atoms with Crippen LogP contribution in [0, 0.1) is 27.7 Å². The predicted octanol–water partition coefficient (Wildman–Crippen LogP) is 6.28. The summed E-state index contributed by atoms with van der Waals surface area (Å²) in [5, 5.41) is 19.7. The number of aliphatic hydroxyl groups excluding tert-OH is 1. The summed E-state index contributed by atoms with van der Waals surface area (Å²) in [5.41, 5.74) is 7.67. The number of anilines is 1. The minimum atomic E-state index is -0.524. The third-order valence-electron chi connectivity index (χ3n) is 7.83. The Hall–Kier alpha value is -3.43. The maximum Gasteiger partial charge on any atom is 0.163 e. The summed E-state index contributed by atoms with van der Waals surface area (Å²) in [5.74, 6) is 2.65. The number of aliphatic hydroxyl groups is 1. The van der Waals surface area contributed by atoms with Gasteiger partial charge in [-0.05, 0) is 65.2 Å². The van der Waals surface area contributed by atoms with Crippen molar-refractivity contribution in [3.05, 3.63) is 57.2 Å².